The Morgan fingerprint density at radius 1 is 1.19 bits per heavy atom. The zero-order valence-corrected chi connectivity index (χ0v) is 10.1. The summed E-state index contributed by atoms with van der Waals surface area (Å²) >= 11 is 0. The number of fused-ring (bicyclic) bond motifs is 1. The van der Waals surface area contributed by atoms with Gasteiger partial charge in [0.2, 0.25) is 0 Å². The number of ether oxygens (including phenoxy) is 1. The van der Waals surface area contributed by atoms with Crippen LogP contribution in [0.5, 0.6) is 0 Å². The van der Waals surface area contributed by atoms with Crippen molar-refractivity contribution in [2.45, 2.75) is 25.7 Å². The van der Waals surface area contributed by atoms with Gasteiger partial charge < -0.3 is 10.1 Å². The van der Waals surface area contributed by atoms with Crippen LogP contribution in [0.1, 0.15) is 23.1 Å². The molecular weight excluding hydrogens is 198 g/mol. The van der Waals surface area contributed by atoms with E-state index in [0.29, 0.717) is 0 Å². The van der Waals surface area contributed by atoms with E-state index in [-0.39, 0.29) is 0 Å². The van der Waals surface area contributed by atoms with Crippen molar-refractivity contribution in [3.8, 4) is 0 Å². The second kappa shape index (κ2) is 6.02. The Morgan fingerprint density at radius 3 is 2.94 bits per heavy atom. The third-order valence-electron chi connectivity index (χ3n) is 3.24. The molecule has 0 unspecified atom stereocenters. The molecule has 2 heteroatoms. The minimum Gasteiger partial charge on any atom is -0.383 e. The summed E-state index contributed by atoms with van der Waals surface area (Å²) in [5.74, 6) is 0. The Balaban J connectivity index is 1.77. The fourth-order valence-corrected chi connectivity index (χ4v) is 2.31. The molecule has 0 atom stereocenters. The number of hydrogen-bond donors (Lipinski definition) is 1. The highest BCUT2D eigenvalue weighted by molar-refractivity contribution is 5.35. The lowest BCUT2D eigenvalue weighted by Crippen LogP contribution is -2.21. The number of methoxy groups -OCH3 is 1. The molecule has 2 nitrogen and oxygen atoms in total. The fourth-order valence-electron chi connectivity index (χ4n) is 2.31. The predicted octanol–water partition coefficient (Wildman–Crippen LogP) is 1.95. The zero-order chi connectivity index (χ0) is 11.2. The molecule has 1 aromatic rings. The van der Waals surface area contributed by atoms with Gasteiger partial charge in [-0.2, -0.15) is 0 Å². The molecule has 1 aliphatic carbocycles. The summed E-state index contributed by atoms with van der Waals surface area (Å²) in [5, 5.41) is 3.38. The summed E-state index contributed by atoms with van der Waals surface area (Å²) in [5.41, 5.74) is 4.61. The van der Waals surface area contributed by atoms with E-state index in [2.05, 4.69) is 23.5 Å². The van der Waals surface area contributed by atoms with Gasteiger partial charge in [-0.25, -0.2) is 0 Å². The summed E-state index contributed by atoms with van der Waals surface area (Å²) in [7, 11) is 1.74. The average molecular weight is 219 g/mol. The van der Waals surface area contributed by atoms with Crippen molar-refractivity contribution < 1.29 is 4.74 Å². The van der Waals surface area contributed by atoms with Crippen molar-refractivity contribution in [3.05, 3.63) is 34.9 Å². The first-order valence-electron chi connectivity index (χ1n) is 6.20. The molecule has 16 heavy (non-hydrogen) atoms. The largest absolute Gasteiger partial charge is 0.383 e. The van der Waals surface area contributed by atoms with E-state index >= 15 is 0 Å². The summed E-state index contributed by atoms with van der Waals surface area (Å²) < 4.78 is 4.99. The number of aryl methyl sites for hydroxylation is 2. The molecule has 0 aliphatic heterocycles. The number of hydrogen-bond acceptors (Lipinski definition) is 2. The monoisotopic (exact) mass is 219 g/mol. The number of rotatable bonds is 6. The molecule has 0 radical (unpaired) electrons. The first kappa shape index (κ1) is 11.6. The number of nitrogens with one attached hydrogen (secondary N) is 1. The predicted molar refractivity (Wildman–Crippen MR) is 66.9 cm³/mol. The lowest BCUT2D eigenvalue weighted by atomic mass is 10.0. The molecular formula is C14H21NO. The minimum atomic E-state index is 0.796. The Kier molecular flexibility index (Phi) is 4.37. The highest BCUT2D eigenvalue weighted by atomic mass is 16.5. The van der Waals surface area contributed by atoms with Crippen LogP contribution in [0.4, 0.5) is 0 Å². The van der Waals surface area contributed by atoms with Crippen LogP contribution in [-0.4, -0.2) is 26.8 Å². The standard InChI is InChI=1S/C14H21NO/c1-16-10-9-15-8-7-12-5-6-13-3-2-4-14(13)11-12/h5-6,11,15H,2-4,7-10H2,1H3. The molecule has 0 saturated carbocycles. The van der Waals surface area contributed by atoms with Crippen LogP contribution in [0.15, 0.2) is 18.2 Å². The van der Waals surface area contributed by atoms with Crippen molar-refractivity contribution in [2.24, 2.45) is 0 Å². The summed E-state index contributed by atoms with van der Waals surface area (Å²) in [6.45, 7) is 2.79. The van der Waals surface area contributed by atoms with Crippen molar-refractivity contribution in [2.75, 3.05) is 26.8 Å². The van der Waals surface area contributed by atoms with Gasteiger partial charge in [0.05, 0.1) is 6.61 Å². The molecule has 2 rings (SSSR count). The fraction of sp³-hybridized carbons (Fsp3) is 0.571. The Hall–Kier alpha value is -0.860. The van der Waals surface area contributed by atoms with E-state index in [1.165, 1.54) is 24.8 Å². The molecule has 0 spiro atoms. The number of benzene rings is 1. The maximum atomic E-state index is 4.99. The average Bonchev–Trinajstić information content (AvgIpc) is 2.76. The summed E-state index contributed by atoms with van der Waals surface area (Å²) in [6.07, 6.45) is 5.02. The normalized spacial score (nSPS) is 14.1. The van der Waals surface area contributed by atoms with Gasteiger partial charge in [0.15, 0.2) is 0 Å². The van der Waals surface area contributed by atoms with E-state index in [9.17, 15) is 0 Å². The second-order valence-electron chi connectivity index (χ2n) is 4.45. The molecule has 1 N–H and O–H groups in total. The minimum absolute atomic E-state index is 0.796. The van der Waals surface area contributed by atoms with Crippen LogP contribution in [0.25, 0.3) is 0 Å². The maximum Gasteiger partial charge on any atom is 0.0587 e. The van der Waals surface area contributed by atoms with Gasteiger partial charge in [0.25, 0.3) is 0 Å². The van der Waals surface area contributed by atoms with Crippen LogP contribution in [0, 0.1) is 0 Å². The molecule has 1 aliphatic rings. The smallest absolute Gasteiger partial charge is 0.0587 e. The van der Waals surface area contributed by atoms with Gasteiger partial charge >= 0.3 is 0 Å². The molecule has 0 saturated heterocycles. The van der Waals surface area contributed by atoms with Gasteiger partial charge in [-0.15, -0.1) is 0 Å². The van der Waals surface area contributed by atoms with Crippen LogP contribution >= 0.6 is 0 Å². The Labute approximate surface area is 98.0 Å². The van der Waals surface area contributed by atoms with Gasteiger partial charge in [-0.1, -0.05) is 18.2 Å². The van der Waals surface area contributed by atoms with E-state index in [0.717, 1.165) is 26.1 Å². The first-order chi connectivity index (χ1) is 7.90. The quantitative estimate of drug-likeness (QED) is 0.738. The van der Waals surface area contributed by atoms with Gasteiger partial charge in [0, 0.05) is 13.7 Å². The highest BCUT2D eigenvalue weighted by Crippen LogP contribution is 2.22. The van der Waals surface area contributed by atoms with E-state index in [1.54, 1.807) is 18.2 Å². The third-order valence-corrected chi connectivity index (χ3v) is 3.24. The SMILES string of the molecule is COCCNCCc1ccc2c(c1)CCC2. The second-order valence-corrected chi connectivity index (χ2v) is 4.45. The summed E-state index contributed by atoms with van der Waals surface area (Å²) in [6, 6.07) is 6.98. The molecule has 0 amide bonds. The topological polar surface area (TPSA) is 21.3 Å². The Bertz CT molecular complexity index is 336. The van der Waals surface area contributed by atoms with Gasteiger partial charge in [-0.05, 0) is 48.9 Å². The molecule has 0 bridgehead atoms. The lowest BCUT2D eigenvalue weighted by Gasteiger charge is -2.06. The van der Waals surface area contributed by atoms with Crippen LogP contribution in [0.3, 0.4) is 0 Å². The molecule has 88 valence electrons. The van der Waals surface area contributed by atoms with Gasteiger partial charge in [0.1, 0.15) is 0 Å². The third kappa shape index (κ3) is 3.06. The van der Waals surface area contributed by atoms with Crippen molar-refractivity contribution in [1.82, 2.24) is 5.32 Å². The Morgan fingerprint density at radius 2 is 2.06 bits per heavy atom. The maximum absolute atomic E-state index is 4.99. The highest BCUT2D eigenvalue weighted by Gasteiger charge is 2.10. The molecule has 1 aromatic carbocycles. The van der Waals surface area contributed by atoms with Gasteiger partial charge in [-0.3, -0.25) is 0 Å². The van der Waals surface area contributed by atoms with Crippen LogP contribution in [-0.2, 0) is 24.0 Å². The zero-order valence-electron chi connectivity index (χ0n) is 10.1. The van der Waals surface area contributed by atoms with E-state index in [1.807, 2.05) is 0 Å². The van der Waals surface area contributed by atoms with Crippen LogP contribution in [0.2, 0.25) is 0 Å². The van der Waals surface area contributed by atoms with Crippen molar-refractivity contribution in [3.63, 3.8) is 0 Å². The van der Waals surface area contributed by atoms with E-state index in [4.69, 9.17) is 4.74 Å². The lowest BCUT2D eigenvalue weighted by molar-refractivity contribution is 0.199. The van der Waals surface area contributed by atoms with E-state index < -0.39 is 0 Å². The molecule has 0 fully saturated rings. The molecule has 0 aromatic heterocycles. The first-order valence-corrected chi connectivity index (χ1v) is 6.20. The van der Waals surface area contributed by atoms with Crippen LogP contribution < -0.4 is 5.32 Å². The van der Waals surface area contributed by atoms with Crippen molar-refractivity contribution >= 4 is 0 Å². The van der Waals surface area contributed by atoms with Crippen molar-refractivity contribution in [1.29, 1.82) is 0 Å². The summed E-state index contributed by atoms with van der Waals surface area (Å²) in [4.78, 5) is 0. The molecule has 0 heterocycles.